The highest BCUT2D eigenvalue weighted by Crippen LogP contribution is 2.20. The lowest BCUT2D eigenvalue weighted by Crippen LogP contribution is -2.37. The number of ether oxygens (including phenoxy) is 4. The van der Waals surface area contributed by atoms with Crippen molar-refractivity contribution in [2.75, 3.05) is 52.7 Å². The van der Waals surface area contributed by atoms with Gasteiger partial charge in [-0.25, -0.2) is 0 Å². The summed E-state index contributed by atoms with van der Waals surface area (Å²) in [7, 11) is 0. The first-order valence-corrected chi connectivity index (χ1v) is 14.6. The second kappa shape index (κ2) is 25.8. The SMILES string of the molecule is CC.CC.CC.CC(=O)CCC(C)(C)OCC(C)(C)OCCOCCOCCNC(=O)CCN1C(=O)C=CC1=O. The summed E-state index contributed by atoms with van der Waals surface area (Å²) in [6.07, 6.45) is 3.61. The molecule has 1 heterocycles. The standard InChI is InChI=1S/C24H40N2O8.3C2H6/c1-19(27)8-10-23(2,3)34-18-24(4,5)33-17-16-32-15-14-31-13-11-25-20(28)9-12-26-21(29)6-7-22(26)30;3*1-2/h6-7H,8-18H2,1-5H3,(H,25,28);3*1-2H3. The van der Waals surface area contributed by atoms with Gasteiger partial charge in [0.15, 0.2) is 0 Å². The Hall–Kier alpha value is -2.14. The molecule has 0 unspecified atom stereocenters. The van der Waals surface area contributed by atoms with Crippen LogP contribution in [0.25, 0.3) is 0 Å². The molecule has 10 heteroatoms. The van der Waals surface area contributed by atoms with E-state index in [0.29, 0.717) is 59.0 Å². The van der Waals surface area contributed by atoms with Gasteiger partial charge in [0.05, 0.1) is 50.8 Å². The Labute approximate surface area is 243 Å². The quantitative estimate of drug-likeness (QED) is 0.177. The highest BCUT2D eigenvalue weighted by molar-refractivity contribution is 6.13. The largest absolute Gasteiger partial charge is 0.377 e. The third-order valence-corrected chi connectivity index (χ3v) is 5.01. The molecule has 0 radical (unpaired) electrons. The molecule has 1 N–H and O–H groups in total. The lowest BCUT2D eigenvalue weighted by atomic mass is 10.0. The lowest BCUT2D eigenvalue weighted by Gasteiger charge is -2.32. The molecule has 0 saturated carbocycles. The van der Waals surface area contributed by atoms with Gasteiger partial charge in [0.25, 0.3) is 11.8 Å². The maximum atomic E-state index is 11.8. The van der Waals surface area contributed by atoms with Crippen LogP contribution in [0.1, 0.15) is 95.4 Å². The van der Waals surface area contributed by atoms with Crippen LogP contribution >= 0.6 is 0 Å². The zero-order chi connectivity index (χ0) is 31.6. The molecular weight excluding hydrogens is 516 g/mol. The van der Waals surface area contributed by atoms with Crippen LogP contribution < -0.4 is 5.32 Å². The average Bonchev–Trinajstić information content (AvgIpc) is 3.26. The Morgan fingerprint density at radius 1 is 0.750 bits per heavy atom. The van der Waals surface area contributed by atoms with Crippen LogP contribution in [0.15, 0.2) is 12.2 Å². The molecule has 1 aliphatic rings. The highest BCUT2D eigenvalue weighted by Gasteiger charge is 2.26. The van der Waals surface area contributed by atoms with Crippen LogP contribution in [0, 0.1) is 0 Å². The molecule has 1 rings (SSSR count). The normalized spacial score (nSPS) is 12.5. The minimum Gasteiger partial charge on any atom is -0.377 e. The van der Waals surface area contributed by atoms with Gasteiger partial charge in [-0.3, -0.25) is 19.3 Å². The summed E-state index contributed by atoms with van der Waals surface area (Å²) in [4.78, 5) is 46.8. The smallest absolute Gasteiger partial charge is 0.253 e. The summed E-state index contributed by atoms with van der Waals surface area (Å²) >= 11 is 0. The van der Waals surface area contributed by atoms with E-state index in [2.05, 4.69) is 5.32 Å². The van der Waals surface area contributed by atoms with E-state index in [4.69, 9.17) is 18.9 Å². The third-order valence-electron chi connectivity index (χ3n) is 5.01. The molecule has 0 bridgehead atoms. The number of carbonyl (C=O) groups is 4. The lowest BCUT2D eigenvalue weighted by molar-refractivity contribution is -0.137. The summed E-state index contributed by atoms with van der Waals surface area (Å²) in [5, 5.41) is 2.68. The molecule has 0 spiro atoms. The molecule has 1 aliphatic heterocycles. The number of Topliss-reactive ketones (excluding diaryl/α,β-unsaturated/α-hetero) is 1. The van der Waals surface area contributed by atoms with Crippen LogP contribution in [0.5, 0.6) is 0 Å². The Morgan fingerprint density at radius 2 is 1.25 bits per heavy atom. The van der Waals surface area contributed by atoms with Crippen LogP contribution in [0.2, 0.25) is 0 Å². The first-order valence-electron chi connectivity index (χ1n) is 14.6. The van der Waals surface area contributed by atoms with E-state index in [1.807, 2.05) is 69.2 Å². The molecule has 3 amide bonds. The average molecular weight is 575 g/mol. The van der Waals surface area contributed by atoms with Gasteiger partial charge >= 0.3 is 0 Å². The van der Waals surface area contributed by atoms with Crippen LogP contribution in [0.3, 0.4) is 0 Å². The monoisotopic (exact) mass is 574 g/mol. The van der Waals surface area contributed by atoms with Crippen molar-refractivity contribution in [3.05, 3.63) is 12.2 Å². The fraction of sp³-hybridized carbons (Fsp3) is 0.800. The number of imide groups is 1. The summed E-state index contributed by atoms with van der Waals surface area (Å²) in [6, 6.07) is 0. The second-order valence-corrected chi connectivity index (χ2v) is 9.34. The van der Waals surface area contributed by atoms with Crippen molar-refractivity contribution in [1.29, 1.82) is 0 Å². The first kappa shape index (κ1) is 42.3. The number of carbonyl (C=O) groups excluding carboxylic acids is 4. The van der Waals surface area contributed by atoms with Gasteiger partial charge in [-0.15, -0.1) is 0 Å². The molecule has 0 atom stereocenters. The molecule has 0 aromatic heterocycles. The number of nitrogens with zero attached hydrogens (tertiary/aromatic N) is 1. The molecule has 0 aromatic rings. The number of hydrogen-bond donors (Lipinski definition) is 1. The minimum atomic E-state index is -0.475. The fourth-order valence-electron chi connectivity index (χ4n) is 2.87. The molecule has 236 valence electrons. The zero-order valence-corrected chi connectivity index (χ0v) is 27.1. The van der Waals surface area contributed by atoms with Gasteiger partial charge in [-0.2, -0.15) is 0 Å². The van der Waals surface area contributed by atoms with E-state index in [1.54, 1.807) is 6.92 Å². The predicted octanol–water partition coefficient (Wildman–Crippen LogP) is 4.49. The van der Waals surface area contributed by atoms with Crippen molar-refractivity contribution in [3.8, 4) is 0 Å². The summed E-state index contributed by atoms with van der Waals surface area (Å²) in [6.45, 7) is 24.2. The van der Waals surface area contributed by atoms with Crippen LogP contribution in [0.4, 0.5) is 0 Å². The third kappa shape index (κ3) is 23.7. The number of rotatable bonds is 19. The molecule has 0 saturated heterocycles. The van der Waals surface area contributed by atoms with E-state index >= 15 is 0 Å². The van der Waals surface area contributed by atoms with E-state index in [1.165, 1.54) is 12.2 Å². The van der Waals surface area contributed by atoms with Crippen molar-refractivity contribution >= 4 is 23.5 Å². The van der Waals surface area contributed by atoms with E-state index in [0.717, 1.165) is 4.90 Å². The van der Waals surface area contributed by atoms with E-state index < -0.39 is 17.4 Å². The topological polar surface area (TPSA) is 120 Å². The van der Waals surface area contributed by atoms with Gasteiger partial charge in [0, 0.05) is 38.1 Å². The highest BCUT2D eigenvalue weighted by atomic mass is 16.6. The van der Waals surface area contributed by atoms with Crippen molar-refractivity contribution in [2.24, 2.45) is 0 Å². The number of ketones is 1. The summed E-state index contributed by atoms with van der Waals surface area (Å²) in [5.74, 6) is -0.887. The Balaban J connectivity index is -0.00000213. The fourth-order valence-corrected chi connectivity index (χ4v) is 2.87. The molecule has 10 nitrogen and oxygen atoms in total. The van der Waals surface area contributed by atoms with Gasteiger partial charge in [0.2, 0.25) is 5.91 Å². The van der Waals surface area contributed by atoms with E-state index in [-0.39, 0.29) is 30.3 Å². The van der Waals surface area contributed by atoms with Crippen molar-refractivity contribution < 1.29 is 38.1 Å². The number of hydrogen-bond acceptors (Lipinski definition) is 8. The van der Waals surface area contributed by atoms with Crippen molar-refractivity contribution in [2.45, 2.75) is 107 Å². The maximum absolute atomic E-state index is 11.8. The van der Waals surface area contributed by atoms with E-state index in [9.17, 15) is 19.2 Å². The molecule has 0 aromatic carbocycles. The first-order chi connectivity index (χ1) is 18.9. The number of nitrogens with one attached hydrogen (secondary N) is 1. The zero-order valence-electron chi connectivity index (χ0n) is 27.1. The number of amides is 3. The molecular formula is C30H58N2O8. The summed E-state index contributed by atoms with van der Waals surface area (Å²) in [5.41, 5.74) is -0.861. The van der Waals surface area contributed by atoms with Gasteiger partial charge < -0.3 is 29.1 Å². The Morgan fingerprint density at radius 3 is 1.77 bits per heavy atom. The maximum Gasteiger partial charge on any atom is 0.253 e. The van der Waals surface area contributed by atoms with Gasteiger partial charge in [-0.05, 0) is 41.0 Å². The second-order valence-electron chi connectivity index (χ2n) is 9.34. The molecule has 0 aliphatic carbocycles. The molecule has 0 fully saturated rings. The van der Waals surface area contributed by atoms with Crippen LogP contribution in [-0.2, 0) is 38.1 Å². The minimum absolute atomic E-state index is 0.0551. The van der Waals surface area contributed by atoms with Crippen molar-refractivity contribution in [1.82, 2.24) is 10.2 Å². The molecule has 40 heavy (non-hydrogen) atoms. The Kier molecular flexibility index (Phi) is 27.3. The van der Waals surface area contributed by atoms with Crippen LogP contribution in [-0.4, -0.2) is 92.3 Å². The Bertz CT molecular complexity index is 702. The van der Waals surface area contributed by atoms with Gasteiger partial charge in [0.1, 0.15) is 5.78 Å². The predicted molar refractivity (Wildman–Crippen MR) is 159 cm³/mol. The van der Waals surface area contributed by atoms with Gasteiger partial charge in [-0.1, -0.05) is 41.5 Å². The summed E-state index contributed by atoms with van der Waals surface area (Å²) < 4.78 is 22.7. The van der Waals surface area contributed by atoms with Crippen molar-refractivity contribution in [3.63, 3.8) is 0 Å².